The van der Waals surface area contributed by atoms with Crippen LogP contribution in [0.3, 0.4) is 0 Å². The van der Waals surface area contributed by atoms with Crippen molar-refractivity contribution in [3.8, 4) is 11.1 Å². The van der Waals surface area contributed by atoms with E-state index in [2.05, 4.69) is 127 Å². The minimum Gasteiger partial charge on any atom is -0.300 e. The zero-order valence-corrected chi connectivity index (χ0v) is 22.5. The number of nitrogens with one attached hydrogen (secondary N) is 1. The van der Waals surface area contributed by atoms with E-state index in [0.29, 0.717) is 5.71 Å². The maximum absolute atomic E-state index is 9.11. The maximum Gasteiger partial charge on any atom is 0.0714 e. The standard InChI is InChI=1S/C40H27N/c41-39(29-13-2-1-3-14-29)31-16-10-17-32(26-31)40(33-23-21-27-11-4-5-15-30(27)25-33)36-20-9-8-19-35(36)38-34-18-7-6-12-28(34)22-24-37(38)40/h1-26,41H. The molecule has 1 unspecified atom stereocenters. The fourth-order valence-corrected chi connectivity index (χ4v) is 6.94. The molecule has 0 amide bonds. The Balaban J connectivity index is 1.49. The van der Waals surface area contributed by atoms with Crippen molar-refractivity contribution in [2.45, 2.75) is 5.41 Å². The van der Waals surface area contributed by atoms with Crippen molar-refractivity contribution < 1.29 is 0 Å². The lowest BCUT2D eigenvalue weighted by Gasteiger charge is -2.34. The van der Waals surface area contributed by atoms with Gasteiger partial charge in [0, 0.05) is 5.56 Å². The van der Waals surface area contributed by atoms with Crippen LogP contribution in [-0.4, -0.2) is 5.71 Å². The van der Waals surface area contributed by atoms with Gasteiger partial charge in [-0.25, -0.2) is 0 Å². The average Bonchev–Trinajstić information content (AvgIpc) is 3.36. The Morgan fingerprint density at radius 2 is 1.10 bits per heavy atom. The van der Waals surface area contributed by atoms with Crippen LogP contribution in [0.15, 0.2) is 158 Å². The molecule has 1 aliphatic carbocycles. The molecule has 1 atom stereocenters. The molecule has 1 aliphatic rings. The molecule has 7 aromatic carbocycles. The Kier molecular flexibility index (Phi) is 5.27. The van der Waals surface area contributed by atoms with Crippen LogP contribution in [-0.2, 0) is 5.41 Å². The number of benzene rings is 7. The first kappa shape index (κ1) is 23.6. The molecular formula is C40H27N. The van der Waals surface area contributed by atoms with Crippen molar-refractivity contribution in [3.63, 3.8) is 0 Å². The summed E-state index contributed by atoms with van der Waals surface area (Å²) in [4.78, 5) is 0. The predicted octanol–water partition coefficient (Wildman–Crippen LogP) is 9.77. The van der Waals surface area contributed by atoms with Crippen molar-refractivity contribution in [2.24, 2.45) is 0 Å². The molecule has 0 aromatic heterocycles. The summed E-state index contributed by atoms with van der Waals surface area (Å²) in [5.74, 6) is 0. The third-order valence-corrected chi connectivity index (χ3v) is 8.76. The first-order chi connectivity index (χ1) is 20.2. The van der Waals surface area contributed by atoms with E-state index in [1.54, 1.807) is 0 Å². The van der Waals surface area contributed by atoms with E-state index in [9.17, 15) is 0 Å². The van der Waals surface area contributed by atoms with Crippen molar-refractivity contribution in [1.29, 1.82) is 5.41 Å². The lowest BCUT2D eigenvalue weighted by Crippen LogP contribution is -2.29. The molecule has 0 saturated heterocycles. The van der Waals surface area contributed by atoms with E-state index < -0.39 is 5.41 Å². The molecule has 41 heavy (non-hydrogen) atoms. The summed E-state index contributed by atoms with van der Waals surface area (Å²) in [6, 6.07) is 56.4. The number of hydrogen-bond donors (Lipinski definition) is 1. The first-order valence-corrected chi connectivity index (χ1v) is 14.1. The molecule has 0 heterocycles. The molecule has 1 nitrogen and oxygen atoms in total. The quantitative estimate of drug-likeness (QED) is 0.223. The van der Waals surface area contributed by atoms with Crippen LogP contribution in [0.2, 0.25) is 0 Å². The minimum absolute atomic E-state index is 0.533. The van der Waals surface area contributed by atoms with Gasteiger partial charge in [0.15, 0.2) is 0 Å². The maximum atomic E-state index is 9.11. The van der Waals surface area contributed by atoms with Crippen molar-refractivity contribution in [1.82, 2.24) is 0 Å². The second-order valence-electron chi connectivity index (χ2n) is 10.9. The van der Waals surface area contributed by atoms with Crippen LogP contribution >= 0.6 is 0 Å². The van der Waals surface area contributed by atoms with Crippen LogP contribution < -0.4 is 0 Å². The van der Waals surface area contributed by atoms with E-state index in [1.807, 2.05) is 30.3 Å². The van der Waals surface area contributed by atoms with Crippen molar-refractivity contribution in [2.75, 3.05) is 0 Å². The summed E-state index contributed by atoms with van der Waals surface area (Å²) in [5.41, 5.74) is 9.39. The Morgan fingerprint density at radius 1 is 0.439 bits per heavy atom. The average molecular weight is 522 g/mol. The van der Waals surface area contributed by atoms with Gasteiger partial charge < -0.3 is 0 Å². The van der Waals surface area contributed by atoms with Gasteiger partial charge in [0.05, 0.1) is 11.1 Å². The van der Waals surface area contributed by atoms with Gasteiger partial charge >= 0.3 is 0 Å². The molecule has 1 heteroatoms. The monoisotopic (exact) mass is 521 g/mol. The highest BCUT2D eigenvalue weighted by Crippen LogP contribution is 2.58. The normalized spacial score (nSPS) is 15.5. The largest absolute Gasteiger partial charge is 0.300 e. The molecule has 0 saturated carbocycles. The van der Waals surface area contributed by atoms with Gasteiger partial charge in [-0.2, -0.15) is 0 Å². The summed E-state index contributed by atoms with van der Waals surface area (Å²) in [6.45, 7) is 0. The SMILES string of the molecule is N=C(c1ccccc1)c1cccc(C2(c3ccc4ccccc4c3)c3ccccc3-c3c2ccc2ccccc32)c1. The zero-order chi connectivity index (χ0) is 27.4. The van der Waals surface area contributed by atoms with E-state index in [0.717, 1.165) is 11.1 Å². The molecule has 192 valence electrons. The second kappa shape index (κ2) is 9.15. The summed E-state index contributed by atoms with van der Waals surface area (Å²) >= 11 is 0. The lowest BCUT2D eigenvalue weighted by molar-refractivity contribution is 0.770. The van der Waals surface area contributed by atoms with Gasteiger partial charge in [-0.15, -0.1) is 0 Å². The minimum atomic E-state index is -0.535. The van der Waals surface area contributed by atoms with Gasteiger partial charge in [0.2, 0.25) is 0 Å². The van der Waals surface area contributed by atoms with Gasteiger partial charge in [0.25, 0.3) is 0 Å². The third kappa shape index (κ3) is 3.46. The van der Waals surface area contributed by atoms with E-state index in [4.69, 9.17) is 5.41 Å². The Hall–Kier alpha value is -5.27. The second-order valence-corrected chi connectivity index (χ2v) is 10.9. The lowest BCUT2D eigenvalue weighted by atomic mass is 9.67. The molecule has 0 aliphatic heterocycles. The van der Waals surface area contributed by atoms with E-state index in [1.165, 1.54) is 54.9 Å². The van der Waals surface area contributed by atoms with Crippen LogP contribution in [0.5, 0.6) is 0 Å². The summed E-state index contributed by atoms with van der Waals surface area (Å²) in [7, 11) is 0. The smallest absolute Gasteiger partial charge is 0.0714 e. The molecule has 0 spiro atoms. The van der Waals surface area contributed by atoms with Crippen LogP contribution in [0.4, 0.5) is 0 Å². The first-order valence-electron chi connectivity index (χ1n) is 14.1. The van der Waals surface area contributed by atoms with Gasteiger partial charge in [-0.05, 0) is 72.6 Å². The topological polar surface area (TPSA) is 23.9 Å². The van der Waals surface area contributed by atoms with Crippen LogP contribution in [0.25, 0.3) is 32.7 Å². The molecule has 8 rings (SSSR count). The summed E-state index contributed by atoms with van der Waals surface area (Å²) in [6.07, 6.45) is 0. The number of hydrogen-bond acceptors (Lipinski definition) is 1. The Labute approximate surface area is 239 Å². The third-order valence-electron chi connectivity index (χ3n) is 8.76. The number of rotatable bonds is 4. The highest BCUT2D eigenvalue weighted by atomic mass is 14.5. The zero-order valence-electron chi connectivity index (χ0n) is 22.5. The van der Waals surface area contributed by atoms with Gasteiger partial charge in [0.1, 0.15) is 0 Å². The molecule has 7 aromatic rings. The fourth-order valence-electron chi connectivity index (χ4n) is 6.94. The van der Waals surface area contributed by atoms with Crippen molar-refractivity contribution >= 4 is 27.3 Å². The highest BCUT2D eigenvalue weighted by molar-refractivity contribution is 6.11. The van der Waals surface area contributed by atoms with E-state index >= 15 is 0 Å². The molecule has 0 fully saturated rings. The van der Waals surface area contributed by atoms with Crippen LogP contribution in [0, 0.1) is 5.41 Å². The van der Waals surface area contributed by atoms with E-state index in [-0.39, 0.29) is 0 Å². The molecule has 1 N–H and O–H groups in total. The summed E-state index contributed by atoms with van der Waals surface area (Å²) < 4.78 is 0. The Bertz CT molecular complexity index is 2120. The Morgan fingerprint density at radius 3 is 1.98 bits per heavy atom. The fraction of sp³-hybridized carbons (Fsp3) is 0.0250. The summed E-state index contributed by atoms with van der Waals surface area (Å²) in [5, 5.41) is 14.1. The molecule has 0 radical (unpaired) electrons. The number of fused-ring (bicyclic) bond motifs is 6. The van der Waals surface area contributed by atoms with Gasteiger partial charge in [-0.1, -0.05) is 146 Å². The van der Waals surface area contributed by atoms with Gasteiger partial charge in [-0.3, -0.25) is 5.41 Å². The van der Waals surface area contributed by atoms with Crippen LogP contribution in [0.1, 0.15) is 33.4 Å². The van der Waals surface area contributed by atoms with Crippen molar-refractivity contribution in [3.05, 3.63) is 191 Å². The highest BCUT2D eigenvalue weighted by Gasteiger charge is 2.46. The molecular weight excluding hydrogens is 494 g/mol. The predicted molar refractivity (Wildman–Crippen MR) is 171 cm³/mol. The molecule has 0 bridgehead atoms.